The Hall–Kier alpha value is -3.87. The zero-order chi connectivity index (χ0) is 21.9. The number of rotatable bonds is 4. The van der Waals surface area contributed by atoms with Crippen molar-refractivity contribution in [2.45, 2.75) is 19.4 Å². The molecule has 7 nitrogen and oxygen atoms in total. The zero-order valence-electron chi connectivity index (χ0n) is 17.6. The second-order valence-corrected chi connectivity index (χ2v) is 8.12. The van der Waals surface area contributed by atoms with Gasteiger partial charge in [-0.15, -0.1) is 0 Å². The Kier molecular flexibility index (Phi) is 5.46. The van der Waals surface area contributed by atoms with E-state index in [0.29, 0.717) is 36.9 Å². The van der Waals surface area contributed by atoms with Crippen LogP contribution < -0.4 is 5.56 Å². The van der Waals surface area contributed by atoms with Crippen LogP contribution in [-0.2, 0) is 6.54 Å². The molecule has 0 bridgehead atoms. The number of piperidine rings is 1. The molecule has 5 rings (SSSR count). The van der Waals surface area contributed by atoms with Crippen LogP contribution in [-0.4, -0.2) is 43.4 Å². The predicted octanol–water partition coefficient (Wildman–Crippen LogP) is 3.41. The third-order valence-electron chi connectivity index (χ3n) is 6.07. The summed E-state index contributed by atoms with van der Waals surface area (Å²) in [5.74, 6) is 0.295. The van der Waals surface area contributed by atoms with E-state index in [-0.39, 0.29) is 11.5 Å². The van der Waals surface area contributed by atoms with Crippen LogP contribution in [0.1, 0.15) is 23.3 Å². The first-order valence-corrected chi connectivity index (χ1v) is 10.8. The van der Waals surface area contributed by atoms with E-state index < -0.39 is 0 Å². The van der Waals surface area contributed by atoms with E-state index >= 15 is 0 Å². The molecule has 0 aliphatic carbocycles. The summed E-state index contributed by atoms with van der Waals surface area (Å²) in [4.78, 5) is 40.5. The van der Waals surface area contributed by atoms with Crippen molar-refractivity contribution in [2.24, 2.45) is 5.92 Å². The van der Waals surface area contributed by atoms with E-state index in [9.17, 15) is 9.59 Å². The van der Waals surface area contributed by atoms with Gasteiger partial charge in [-0.25, -0.2) is 4.98 Å². The van der Waals surface area contributed by atoms with Gasteiger partial charge in [-0.3, -0.25) is 24.1 Å². The zero-order valence-corrected chi connectivity index (χ0v) is 17.6. The second-order valence-electron chi connectivity index (χ2n) is 8.12. The molecular weight excluding hydrogens is 402 g/mol. The Morgan fingerprint density at radius 3 is 2.62 bits per heavy atom. The van der Waals surface area contributed by atoms with Crippen LogP contribution >= 0.6 is 0 Å². The lowest BCUT2D eigenvalue weighted by molar-refractivity contribution is 0.0678. The van der Waals surface area contributed by atoms with Crippen LogP contribution in [0.3, 0.4) is 0 Å². The summed E-state index contributed by atoms with van der Waals surface area (Å²) in [5, 5.41) is 1.90. The Morgan fingerprint density at radius 2 is 1.84 bits per heavy atom. The highest BCUT2D eigenvalue weighted by molar-refractivity contribution is 6.05. The average Bonchev–Trinajstić information content (AvgIpc) is 2.85. The molecule has 4 aromatic rings. The fraction of sp³-hybridized carbons (Fsp3) is 0.240. The smallest absolute Gasteiger partial charge is 0.273 e. The molecule has 1 aliphatic rings. The number of benzene rings is 1. The van der Waals surface area contributed by atoms with Crippen LogP contribution in [0.5, 0.6) is 0 Å². The molecule has 160 valence electrons. The number of nitrogens with zero attached hydrogens (tertiary/aromatic N) is 5. The number of fused-ring (bicyclic) bond motifs is 1. The lowest BCUT2D eigenvalue weighted by Gasteiger charge is -2.32. The van der Waals surface area contributed by atoms with Crippen molar-refractivity contribution < 1.29 is 4.79 Å². The Balaban J connectivity index is 1.24. The number of amides is 1. The van der Waals surface area contributed by atoms with E-state index in [1.54, 1.807) is 35.6 Å². The maximum absolute atomic E-state index is 13.1. The molecular formula is C25H23N5O2. The predicted molar refractivity (Wildman–Crippen MR) is 122 cm³/mol. The van der Waals surface area contributed by atoms with Crippen LogP contribution in [0.4, 0.5) is 0 Å². The van der Waals surface area contributed by atoms with Gasteiger partial charge in [0, 0.05) is 55.2 Å². The fourth-order valence-electron chi connectivity index (χ4n) is 4.27. The maximum Gasteiger partial charge on any atom is 0.273 e. The van der Waals surface area contributed by atoms with Gasteiger partial charge in [-0.2, -0.15) is 0 Å². The van der Waals surface area contributed by atoms with Crippen LogP contribution in [0.2, 0.25) is 0 Å². The summed E-state index contributed by atoms with van der Waals surface area (Å²) in [7, 11) is 0. The lowest BCUT2D eigenvalue weighted by atomic mass is 9.96. The van der Waals surface area contributed by atoms with Crippen LogP contribution in [0, 0.1) is 5.92 Å². The Labute approximate surface area is 185 Å². The minimum atomic E-state index is -0.0719. The van der Waals surface area contributed by atoms with Crippen molar-refractivity contribution in [3.8, 4) is 11.3 Å². The van der Waals surface area contributed by atoms with Crippen molar-refractivity contribution in [3.63, 3.8) is 0 Å². The van der Waals surface area contributed by atoms with Gasteiger partial charge >= 0.3 is 0 Å². The number of carbonyl (C=O) groups is 1. The van der Waals surface area contributed by atoms with E-state index in [1.165, 1.54) is 0 Å². The van der Waals surface area contributed by atoms with Gasteiger partial charge < -0.3 is 4.90 Å². The van der Waals surface area contributed by atoms with Gasteiger partial charge in [0.25, 0.3) is 11.5 Å². The summed E-state index contributed by atoms with van der Waals surface area (Å²) < 4.78 is 1.66. The highest BCUT2D eigenvalue weighted by Crippen LogP contribution is 2.23. The molecule has 1 aromatic carbocycles. The Bertz CT molecular complexity index is 1310. The molecule has 0 radical (unpaired) electrons. The van der Waals surface area contributed by atoms with Crippen molar-refractivity contribution in [3.05, 3.63) is 89.5 Å². The standard InChI is InChI=1S/C25H23N5O2/c31-23-14-22(20-5-3-10-26-15-20)28-17-30(23)16-18-8-12-29(13-9-18)25(32)24-21-6-2-1-4-19(21)7-11-27-24/h1-7,10-11,14-15,17-18H,8-9,12-13,16H2. The molecule has 0 atom stereocenters. The molecule has 0 saturated carbocycles. The number of hydrogen-bond acceptors (Lipinski definition) is 5. The van der Waals surface area contributed by atoms with Crippen LogP contribution in [0.25, 0.3) is 22.0 Å². The van der Waals surface area contributed by atoms with Crippen molar-refractivity contribution in [1.82, 2.24) is 24.4 Å². The van der Waals surface area contributed by atoms with Gasteiger partial charge in [0.1, 0.15) is 5.69 Å². The number of carbonyl (C=O) groups excluding carboxylic acids is 1. The molecule has 32 heavy (non-hydrogen) atoms. The van der Waals surface area contributed by atoms with Gasteiger partial charge in [-0.05, 0) is 42.3 Å². The first-order chi connectivity index (χ1) is 15.7. The topological polar surface area (TPSA) is 81.0 Å². The highest BCUT2D eigenvalue weighted by Gasteiger charge is 2.25. The normalized spacial score (nSPS) is 14.6. The van der Waals surface area contributed by atoms with E-state index in [1.807, 2.05) is 47.4 Å². The third kappa shape index (κ3) is 4.01. The number of aromatic nitrogens is 4. The third-order valence-corrected chi connectivity index (χ3v) is 6.07. The maximum atomic E-state index is 13.1. The molecule has 3 aromatic heterocycles. The highest BCUT2D eigenvalue weighted by atomic mass is 16.2. The van der Waals surface area contributed by atoms with E-state index in [4.69, 9.17) is 0 Å². The van der Waals surface area contributed by atoms with Gasteiger partial charge in [-0.1, -0.05) is 24.3 Å². The van der Waals surface area contributed by atoms with E-state index in [2.05, 4.69) is 15.0 Å². The molecule has 0 spiro atoms. The molecule has 4 heterocycles. The minimum absolute atomic E-state index is 0.0279. The SMILES string of the molecule is O=C(c1nccc2ccccc12)N1CCC(Cn2cnc(-c3cccnc3)cc2=O)CC1. The second kappa shape index (κ2) is 8.70. The molecule has 1 amide bonds. The fourth-order valence-corrected chi connectivity index (χ4v) is 4.27. The van der Waals surface area contributed by atoms with Crippen molar-refractivity contribution in [1.29, 1.82) is 0 Å². The minimum Gasteiger partial charge on any atom is -0.337 e. The summed E-state index contributed by atoms with van der Waals surface area (Å²) in [5.41, 5.74) is 1.89. The summed E-state index contributed by atoms with van der Waals surface area (Å²) >= 11 is 0. The number of hydrogen-bond donors (Lipinski definition) is 0. The first-order valence-electron chi connectivity index (χ1n) is 10.8. The summed E-state index contributed by atoms with van der Waals surface area (Å²) in [6, 6.07) is 15.0. The first kappa shape index (κ1) is 20.1. The monoisotopic (exact) mass is 425 g/mol. The summed E-state index contributed by atoms with van der Waals surface area (Å²) in [6.07, 6.45) is 8.38. The molecule has 1 saturated heterocycles. The van der Waals surface area contributed by atoms with Crippen molar-refractivity contribution >= 4 is 16.7 Å². The van der Waals surface area contributed by atoms with Crippen molar-refractivity contribution in [2.75, 3.05) is 13.1 Å². The Morgan fingerprint density at radius 1 is 1.00 bits per heavy atom. The number of likely N-dealkylation sites (tertiary alicyclic amines) is 1. The van der Waals surface area contributed by atoms with Gasteiger partial charge in [0.05, 0.1) is 12.0 Å². The molecule has 0 unspecified atom stereocenters. The quantitative estimate of drug-likeness (QED) is 0.501. The lowest BCUT2D eigenvalue weighted by Crippen LogP contribution is -2.40. The largest absolute Gasteiger partial charge is 0.337 e. The molecule has 7 heteroatoms. The summed E-state index contributed by atoms with van der Waals surface area (Å²) in [6.45, 7) is 1.92. The molecule has 1 aliphatic heterocycles. The molecule has 0 N–H and O–H groups in total. The average molecular weight is 425 g/mol. The van der Waals surface area contributed by atoms with Gasteiger partial charge in [0.2, 0.25) is 0 Å². The van der Waals surface area contributed by atoms with E-state index in [0.717, 1.165) is 29.2 Å². The number of pyridine rings is 2. The van der Waals surface area contributed by atoms with Crippen LogP contribution in [0.15, 0.2) is 78.2 Å². The van der Waals surface area contributed by atoms with Gasteiger partial charge in [0.15, 0.2) is 0 Å². The molecule has 1 fully saturated rings.